The van der Waals surface area contributed by atoms with E-state index in [9.17, 15) is 9.90 Å². The summed E-state index contributed by atoms with van der Waals surface area (Å²) in [4.78, 5) is 11.9. The minimum atomic E-state index is -0.215. The summed E-state index contributed by atoms with van der Waals surface area (Å²) in [5.41, 5.74) is 0.407. The van der Waals surface area contributed by atoms with E-state index in [1.807, 2.05) is 0 Å². The number of carbonyl (C=O) groups is 1. The summed E-state index contributed by atoms with van der Waals surface area (Å²) in [5.74, 6) is 0.0877. The summed E-state index contributed by atoms with van der Waals surface area (Å²) in [7, 11) is 3.10. The van der Waals surface area contributed by atoms with Gasteiger partial charge in [-0.25, -0.2) is 0 Å². The van der Waals surface area contributed by atoms with Crippen LogP contribution in [0.25, 0.3) is 0 Å². The molecule has 0 aliphatic carbocycles. The zero-order chi connectivity index (χ0) is 15.5. The highest BCUT2D eigenvalue weighted by Crippen LogP contribution is 2.25. The molecule has 6 heteroatoms. The van der Waals surface area contributed by atoms with Crippen molar-refractivity contribution in [1.29, 1.82) is 0 Å². The number of carbonyl (C=O) groups excluding carboxylic acids is 1. The normalized spacial score (nSPS) is 10.4. The first kappa shape index (κ1) is 17.3. The van der Waals surface area contributed by atoms with Crippen molar-refractivity contribution in [3.05, 3.63) is 23.8 Å². The predicted octanol–water partition coefficient (Wildman–Crippen LogP) is 1.57. The molecule has 0 radical (unpaired) electrons. The molecule has 0 heterocycles. The number of benzene rings is 1. The van der Waals surface area contributed by atoms with E-state index in [4.69, 9.17) is 14.2 Å². The van der Waals surface area contributed by atoms with Gasteiger partial charge in [-0.2, -0.15) is 0 Å². The van der Waals surface area contributed by atoms with Crippen LogP contribution in [-0.4, -0.2) is 51.6 Å². The average molecular weight is 297 g/mol. The molecule has 21 heavy (non-hydrogen) atoms. The van der Waals surface area contributed by atoms with Crippen LogP contribution in [0.2, 0.25) is 0 Å². The van der Waals surface area contributed by atoms with Crippen molar-refractivity contribution in [1.82, 2.24) is 5.32 Å². The predicted molar refractivity (Wildman–Crippen MR) is 78.9 cm³/mol. The van der Waals surface area contributed by atoms with E-state index in [1.54, 1.807) is 19.2 Å². The lowest BCUT2D eigenvalue weighted by molar-refractivity contribution is 0.0686. The van der Waals surface area contributed by atoms with Crippen LogP contribution >= 0.6 is 0 Å². The van der Waals surface area contributed by atoms with Gasteiger partial charge in [-0.15, -0.1) is 0 Å². The zero-order valence-corrected chi connectivity index (χ0v) is 12.6. The first-order valence-corrected chi connectivity index (χ1v) is 6.91. The Balaban J connectivity index is 2.20. The van der Waals surface area contributed by atoms with Gasteiger partial charge in [0.1, 0.15) is 0 Å². The zero-order valence-electron chi connectivity index (χ0n) is 12.6. The van der Waals surface area contributed by atoms with Crippen LogP contribution < -0.4 is 10.1 Å². The molecular weight excluding hydrogens is 274 g/mol. The summed E-state index contributed by atoms with van der Waals surface area (Å²) in [6.45, 7) is 2.41. The molecular formula is C15H23NO5. The van der Waals surface area contributed by atoms with Gasteiger partial charge in [-0.05, 0) is 31.0 Å². The second-order valence-electron chi connectivity index (χ2n) is 4.45. The summed E-state index contributed by atoms with van der Waals surface area (Å²) in [5, 5.41) is 12.4. The SMILES string of the molecule is COCCOCCCCNC(=O)c1ccc(OC)c(O)c1. The Morgan fingerprint density at radius 2 is 2.00 bits per heavy atom. The molecule has 0 bridgehead atoms. The van der Waals surface area contributed by atoms with Gasteiger partial charge in [0.25, 0.3) is 5.91 Å². The number of hydrogen-bond acceptors (Lipinski definition) is 5. The number of aromatic hydroxyl groups is 1. The third kappa shape index (κ3) is 6.46. The molecule has 0 spiro atoms. The van der Waals surface area contributed by atoms with E-state index >= 15 is 0 Å². The monoisotopic (exact) mass is 297 g/mol. The van der Waals surface area contributed by atoms with Crippen LogP contribution in [0.4, 0.5) is 0 Å². The number of phenols is 1. The van der Waals surface area contributed by atoms with Crippen LogP contribution in [0, 0.1) is 0 Å². The molecule has 0 atom stereocenters. The molecule has 0 saturated carbocycles. The number of amides is 1. The van der Waals surface area contributed by atoms with Gasteiger partial charge in [0.2, 0.25) is 0 Å². The van der Waals surface area contributed by atoms with Crippen LogP contribution in [0.5, 0.6) is 11.5 Å². The molecule has 0 saturated heterocycles. The molecule has 1 aromatic carbocycles. The fourth-order valence-corrected chi connectivity index (χ4v) is 1.71. The van der Waals surface area contributed by atoms with Crippen molar-refractivity contribution < 1.29 is 24.1 Å². The van der Waals surface area contributed by atoms with Gasteiger partial charge in [0, 0.05) is 25.8 Å². The maximum atomic E-state index is 11.9. The Morgan fingerprint density at radius 3 is 2.67 bits per heavy atom. The highest BCUT2D eigenvalue weighted by Gasteiger charge is 2.08. The molecule has 0 aromatic heterocycles. The van der Waals surface area contributed by atoms with E-state index < -0.39 is 0 Å². The van der Waals surface area contributed by atoms with Crippen LogP contribution in [0.15, 0.2) is 18.2 Å². The highest BCUT2D eigenvalue weighted by atomic mass is 16.5. The van der Waals surface area contributed by atoms with Crippen molar-refractivity contribution in [3.63, 3.8) is 0 Å². The fraction of sp³-hybridized carbons (Fsp3) is 0.533. The lowest BCUT2D eigenvalue weighted by atomic mass is 10.2. The number of methoxy groups -OCH3 is 2. The molecule has 0 aliphatic rings. The number of rotatable bonds is 10. The third-order valence-electron chi connectivity index (χ3n) is 2.87. The Kier molecular flexibility index (Phi) is 8.23. The van der Waals surface area contributed by atoms with Gasteiger partial charge in [-0.3, -0.25) is 4.79 Å². The quantitative estimate of drug-likeness (QED) is 0.641. The molecule has 1 amide bonds. The summed E-state index contributed by atoms with van der Waals surface area (Å²) in [6, 6.07) is 4.57. The number of unbranched alkanes of at least 4 members (excludes halogenated alkanes) is 1. The van der Waals surface area contributed by atoms with Gasteiger partial charge >= 0.3 is 0 Å². The first-order valence-electron chi connectivity index (χ1n) is 6.91. The molecule has 1 rings (SSSR count). The molecule has 0 unspecified atom stereocenters. The molecule has 0 fully saturated rings. The van der Waals surface area contributed by atoms with E-state index in [-0.39, 0.29) is 11.7 Å². The Morgan fingerprint density at radius 1 is 1.19 bits per heavy atom. The molecule has 118 valence electrons. The van der Waals surface area contributed by atoms with Crippen molar-refractivity contribution in [2.75, 3.05) is 40.6 Å². The number of phenolic OH excluding ortho intramolecular Hbond substituents is 1. The van der Waals surface area contributed by atoms with Crippen molar-refractivity contribution >= 4 is 5.91 Å². The fourth-order valence-electron chi connectivity index (χ4n) is 1.71. The van der Waals surface area contributed by atoms with Gasteiger partial charge < -0.3 is 24.6 Å². The topological polar surface area (TPSA) is 77.0 Å². The van der Waals surface area contributed by atoms with Gasteiger partial charge in [-0.1, -0.05) is 0 Å². The highest BCUT2D eigenvalue weighted by molar-refractivity contribution is 5.94. The Bertz CT molecular complexity index is 436. The Hall–Kier alpha value is -1.79. The van der Waals surface area contributed by atoms with E-state index in [0.717, 1.165) is 12.8 Å². The molecule has 0 aliphatic heterocycles. The molecule has 2 N–H and O–H groups in total. The largest absolute Gasteiger partial charge is 0.504 e. The molecule has 6 nitrogen and oxygen atoms in total. The van der Waals surface area contributed by atoms with Crippen LogP contribution in [0.3, 0.4) is 0 Å². The van der Waals surface area contributed by atoms with Gasteiger partial charge in [0.05, 0.1) is 20.3 Å². The first-order chi connectivity index (χ1) is 10.2. The number of hydrogen-bond donors (Lipinski definition) is 2. The van der Waals surface area contributed by atoms with Crippen LogP contribution in [-0.2, 0) is 9.47 Å². The lowest BCUT2D eigenvalue weighted by Crippen LogP contribution is -2.24. The number of nitrogens with one attached hydrogen (secondary N) is 1. The molecule has 1 aromatic rings. The maximum Gasteiger partial charge on any atom is 0.251 e. The van der Waals surface area contributed by atoms with E-state index in [1.165, 1.54) is 13.2 Å². The minimum Gasteiger partial charge on any atom is -0.504 e. The Labute approximate surface area is 125 Å². The standard InChI is InChI=1S/C15H23NO5/c1-19-9-10-21-8-4-3-7-16-15(18)12-5-6-14(20-2)13(17)11-12/h5-6,11,17H,3-4,7-10H2,1-2H3,(H,16,18). The van der Waals surface area contributed by atoms with Crippen LogP contribution in [0.1, 0.15) is 23.2 Å². The van der Waals surface area contributed by atoms with Crippen molar-refractivity contribution in [2.24, 2.45) is 0 Å². The lowest BCUT2D eigenvalue weighted by Gasteiger charge is -2.08. The summed E-state index contributed by atoms with van der Waals surface area (Å²) >= 11 is 0. The smallest absolute Gasteiger partial charge is 0.251 e. The minimum absolute atomic E-state index is 0.0447. The summed E-state index contributed by atoms with van der Waals surface area (Å²) < 4.78 is 15.1. The van der Waals surface area contributed by atoms with E-state index in [2.05, 4.69) is 5.32 Å². The second-order valence-corrected chi connectivity index (χ2v) is 4.45. The van der Waals surface area contributed by atoms with Crippen molar-refractivity contribution in [3.8, 4) is 11.5 Å². The number of ether oxygens (including phenoxy) is 3. The third-order valence-corrected chi connectivity index (χ3v) is 2.87. The second kappa shape index (κ2) is 10.0. The van der Waals surface area contributed by atoms with Gasteiger partial charge in [0.15, 0.2) is 11.5 Å². The van der Waals surface area contributed by atoms with E-state index in [0.29, 0.717) is 37.7 Å². The summed E-state index contributed by atoms with van der Waals surface area (Å²) in [6.07, 6.45) is 1.71. The van der Waals surface area contributed by atoms with Crippen molar-refractivity contribution in [2.45, 2.75) is 12.8 Å². The average Bonchev–Trinajstić information content (AvgIpc) is 2.49. The maximum absolute atomic E-state index is 11.9.